The van der Waals surface area contributed by atoms with Gasteiger partial charge in [-0.2, -0.15) is 0 Å². The zero-order valence-corrected chi connectivity index (χ0v) is 14.7. The van der Waals surface area contributed by atoms with Crippen molar-refractivity contribution in [3.05, 3.63) is 69.6 Å². The van der Waals surface area contributed by atoms with Gasteiger partial charge in [0.05, 0.1) is 10.6 Å². The first kappa shape index (κ1) is 17.6. The van der Waals surface area contributed by atoms with Crippen LogP contribution in [-0.4, -0.2) is 22.4 Å². The molecule has 0 bridgehead atoms. The van der Waals surface area contributed by atoms with Gasteiger partial charge in [-0.3, -0.25) is 20.2 Å². The van der Waals surface area contributed by atoms with Crippen molar-refractivity contribution in [3.63, 3.8) is 0 Å². The van der Waals surface area contributed by atoms with Gasteiger partial charge >= 0.3 is 0 Å². The summed E-state index contributed by atoms with van der Waals surface area (Å²) >= 11 is 1.30. The number of anilines is 2. The maximum Gasteiger partial charge on any atom is 0.293 e. The second-order valence-electron chi connectivity index (χ2n) is 5.38. The summed E-state index contributed by atoms with van der Waals surface area (Å²) < 4.78 is 0. The molecule has 0 atom stereocenters. The van der Waals surface area contributed by atoms with Gasteiger partial charge in [0.25, 0.3) is 11.6 Å². The Kier molecular flexibility index (Phi) is 5.23. The smallest absolute Gasteiger partial charge is 0.293 e. The molecule has 2 aromatic carbocycles. The van der Waals surface area contributed by atoms with Crippen molar-refractivity contribution < 1.29 is 9.72 Å². The van der Waals surface area contributed by atoms with Crippen LogP contribution in [0, 0.1) is 10.1 Å². The minimum Gasteiger partial charge on any atom is -0.380 e. The van der Waals surface area contributed by atoms with Crippen molar-refractivity contribution in [3.8, 4) is 11.3 Å². The molecule has 0 aliphatic rings. The highest BCUT2D eigenvalue weighted by Crippen LogP contribution is 2.27. The quantitative estimate of drug-likeness (QED) is 0.496. The zero-order valence-electron chi connectivity index (χ0n) is 13.9. The molecule has 8 heteroatoms. The van der Waals surface area contributed by atoms with Crippen LogP contribution in [0.4, 0.5) is 16.5 Å². The summed E-state index contributed by atoms with van der Waals surface area (Å²) in [6, 6.07) is 14.0. The minimum atomic E-state index is -0.508. The number of carbonyl (C=O) groups excluding carboxylic acids is 1. The van der Waals surface area contributed by atoms with Gasteiger partial charge in [0.1, 0.15) is 5.69 Å². The van der Waals surface area contributed by atoms with E-state index in [0.29, 0.717) is 17.4 Å². The third kappa shape index (κ3) is 3.86. The number of aromatic nitrogens is 1. The van der Waals surface area contributed by atoms with Crippen LogP contribution in [0.25, 0.3) is 11.3 Å². The summed E-state index contributed by atoms with van der Waals surface area (Å²) in [7, 11) is 0. The molecule has 0 radical (unpaired) electrons. The highest BCUT2D eigenvalue weighted by atomic mass is 32.1. The van der Waals surface area contributed by atoms with Gasteiger partial charge in [0.15, 0.2) is 5.13 Å². The van der Waals surface area contributed by atoms with E-state index >= 15 is 0 Å². The number of amides is 1. The molecule has 132 valence electrons. The van der Waals surface area contributed by atoms with Gasteiger partial charge in [-0.25, -0.2) is 4.98 Å². The standard InChI is InChI=1S/C18H16N4O3S/c1-2-19-14-9-8-13(10-16(14)22(24)25)17(23)21-18-20-15(11-26-18)12-6-4-3-5-7-12/h3-11,19H,2H2,1H3,(H,20,21,23). The van der Waals surface area contributed by atoms with E-state index in [1.165, 1.54) is 23.5 Å². The molecular formula is C18H16N4O3S. The maximum atomic E-state index is 12.4. The summed E-state index contributed by atoms with van der Waals surface area (Å²) in [5.41, 5.74) is 2.17. The molecule has 1 amide bonds. The number of nitrogens with zero attached hydrogens (tertiary/aromatic N) is 2. The Morgan fingerprint density at radius 3 is 2.69 bits per heavy atom. The van der Waals surface area contributed by atoms with E-state index in [4.69, 9.17) is 0 Å². The summed E-state index contributed by atoms with van der Waals surface area (Å²) in [6.45, 7) is 2.39. The van der Waals surface area contributed by atoms with Crippen LogP contribution >= 0.6 is 11.3 Å². The molecule has 2 N–H and O–H groups in total. The van der Waals surface area contributed by atoms with Crippen molar-refractivity contribution in [2.45, 2.75) is 6.92 Å². The van der Waals surface area contributed by atoms with Crippen LogP contribution in [0.3, 0.4) is 0 Å². The first-order chi connectivity index (χ1) is 12.6. The largest absolute Gasteiger partial charge is 0.380 e. The lowest BCUT2D eigenvalue weighted by molar-refractivity contribution is -0.384. The summed E-state index contributed by atoms with van der Waals surface area (Å²) in [5, 5.41) is 19.1. The van der Waals surface area contributed by atoms with E-state index in [0.717, 1.165) is 11.3 Å². The Balaban J connectivity index is 1.79. The number of thiazole rings is 1. The van der Waals surface area contributed by atoms with Crippen LogP contribution in [0.2, 0.25) is 0 Å². The Morgan fingerprint density at radius 1 is 1.23 bits per heavy atom. The van der Waals surface area contributed by atoms with Crippen LogP contribution in [0.5, 0.6) is 0 Å². The Labute approximate surface area is 153 Å². The minimum absolute atomic E-state index is 0.136. The van der Waals surface area contributed by atoms with Gasteiger partial charge in [0, 0.05) is 29.1 Å². The van der Waals surface area contributed by atoms with E-state index in [1.807, 2.05) is 42.6 Å². The highest BCUT2D eigenvalue weighted by molar-refractivity contribution is 7.14. The van der Waals surface area contributed by atoms with E-state index in [-0.39, 0.29) is 11.3 Å². The number of hydrogen-bond donors (Lipinski definition) is 2. The lowest BCUT2D eigenvalue weighted by Crippen LogP contribution is -2.12. The van der Waals surface area contributed by atoms with Gasteiger partial charge in [-0.05, 0) is 19.1 Å². The van der Waals surface area contributed by atoms with Crippen molar-refractivity contribution in [2.75, 3.05) is 17.2 Å². The zero-order chi connectivity index (χ0) is 18.5. The maximum absolute atomic E-state index is 12.4. The van der Waals surface area contributed by atoms with E-state index in [2.05, 4.69) is 15.6 Å². The third-order valence-corrected chi connectivity index (χ3v) is 4.38. The molecule has 3 aromatic rings. The van der Waals surface area contributed by atoms with Crippen LogP contribution in [-0.2, 0) is 0 Å². The van der Waals surface area contributed by atoms with Gasteiger partial charge in [-0.15, -0.1) is 11.3 Å². The summed E-state index contributed by atoms with van der Waals surface area (Å²) in [5.74, 6) is -0.440. The lowest BCUT2D eigenvalue weighted by atomic mass is 10.1. The molecular weight excluding hydrogens is 352 g/mol. The van der Waals surface area contributed by atoms with Crippen LogP contribution in [0.15, 0.2) is 53.9 Å². The van der Waals surface area contributed by atoms with Crippen LogP contribution < -0.4 is 10.6 Å². The number of hydrogen-bond acceptors (Lipinski definition) is 6. The fourth-order valence-electron chi connectivity index (χ4n) is 2.41. The second kappa shape index (κ2) is 7.75. The fraction of sp³-hybridized carbons (Fsp3) is 0.111. The normalized spacial score (nSPS) is 10.3. The highest BCUT2D eigenvalue weighted by Gasteiger charge is 2.18. The molecule has 0 spiro atoms. The molecule has 1 aromatic heterocycles. The van der Waals surface area contributed by atoms with Crippen molar-refractivity contribution in [1.82, 2.24) is 4.98 Å². The molecule has 26 heavy (non-hydrogen) atoms. The molecule has 0 fully saturated rings. The molecule has 0 unspecified atom stereocenters. The van der Waals surface area contributed by atoms with Crippen molar-refractivity contribution >= 4 is 33.8 Å². The molecule has 3 rings (SSSR count). The van der Waals surface area contributed by atoms with E-state index in [9.17, 15) is 14.9 Å². The average molecular weight is 368 g/mol. The van der Waals surface area contributed by atoms with E-state index in [1.54, 1.807) is 6.07 Å². The monoisotopic (exact) mass is 368 g/mol. The average Bonchev–Trinajstić information content (AvgIpc) is 3.11. The Morgan fingerprint density at radius 2 is 2.00 bits per heavy atom. The molecule has 1 heterocycles. The van der Waals surface area contributed by atoms with E-state index < -0.39 is 10.8 Å². The number of benzene rings is 2. The topological polar surface area (TPSA) is 97.2 Å². The van der Waals surface area contributed by atoms with Gasteiger partial charge in [0.2, 0.25) is 0 Å². The predicted molar refractivity (Wildman–Crippen MR) is 103 cm³/mol. The number of nitrogens with one attached hydrogen (secondary N) is 2. The third-order valence-electron chi connectivity index (χ3n) is 3.62. The lowest BCUT2D eigenvalue weighted by Gasteiger charge is -2.06. The van der Waals surface area contributed by atoms with Gasteiger partial charge < -0.3 is 5.32 Å². The number of rotatable bonds is 6. The molecule has 0 aliphatic carbocycles. The summed E-state index contributed by atoms with van der Waals surface area (Å²) in [6.07, 6.45) is 0. The molecule has 0 saturated carbocycles. The van der Waals surface area contributed by atoms with Crippen molar-refractivity contribution in [2.24, 2.45) is 0 Å². The Hall–Kier alpha value is -3.26. The molecule has 0 saturated heterocycles. The molecule has 0 aliphatic heterocycles. The fourth-order valence-corrected chi connectivity index (χ4v) is 3.12. The Bertz CT molecular complexity index is 941. The number of nitro groups is 1. The summed E-state index contributed by atoms with van der Waals surface area (Å²) in [4.78, 5) is 27.5. The predicted octanol–water partition coefficient (Wildman–Crippen LogP) is 4.40. The molecule has 7 nitrogen and oxygen atoms in total. The number of carbonyl (C=O) groups is 1. The first-order valence-electron chi connectivity index (χ1n) is 7.93. The van der Waals surface area contributed by atoms with Crippen molar-refractivity contribution in [1.29, 1.82) is 0 Å². The number of nitro benzene ring substituents is 1. The van der Waals surface area contributed by atoms with Gasteiger partial charge in [-0.1, -0.05) is 30.3 Å². The van der Waals surface area contributed by atoms with Crippen LogP contribution in [0.1, 0.15) is 17.3 Å². The SMILES string of the molecule is CCNc1ccc(C(=O)Nc2nc(-c3ccccc3)cs2)cc1[N+](=O)[O-]. The first-order valence-corrected chi connectivity index (χ1v) is 8.81. The second-order valence-corrected chi connectivity index (χ2v) is 6.24.